The Morgan fingerprint density at radius 2 is 1.24 bits per heavy atom. The molecule has 0 amide bonds. The van der Waals surface area contributed by atoms with Crippen molar-refractivity contribution in [2.45, 2.75) is 13.8 Å². The topological polar surface area (TPSA) is 25.8 Å². The van der Waals surface area contributed by atoms with E-state index in [0.717, 1.165) is 27.0 Å². The zero-order chi connectivity index (χ0) is 14.8. The number of hydrogen-bond donors (Lipinski definition) is 0. The number of hydrogen-bond acceptors (Lipinski definition) is 2. The number of aromatic nitrogens is 2. The molecule has 3 rings (SSSR count). The van der Waals surface area contributed by atoms with E-state index in [0.29, 0.717) is 0 Å². The van der Waals surface area contributed by atoms with Gasteiger partial charge in [-0.25, -0.2) is 0 Å². The highest BCUT2D eigenvalue weighted by Gasteiger charge is 2.14. The quantitative estimate of drug-likeness (QED) is 0.642. The van der Waals surface area contributed by atoms with Crippen LogP contribution in [0.2, 0.25) is 0 Å². The minimum atomic E-state index is 0.980. The van der Waals surface area contributed by atoms with Crippen molar-refractivity contribution in [1.29, 1.82) is 0 Å². The molecule has 2 nitrogen and oxygen atoms in total. The molecule has 3 heteroatoms. The van der Waals surface area contributed by atoms with Crippen molar-refractivity contribution in [1.82, 2.24) is 9.97 Å². The van der Waals surface area contributed by atoms with Gasteiger partial charge in [-0.2, -0.15) is 0 Å². The van der Waals surface area contributed by atoms with Gasteiger partial charge in [0.05, 0.1) is 11.4 Å². The van der Waals surface area contributed by atoms with Gasteiger partial charge < -0.3 is 0 Å². The molecule has 0 saturated heterocycles. The number of nitrogens with zero attached hydrogens (tertiary/aromatic N) is 2. The molecule has 2 heterocycles. The minimum absolute atomic E-state index is 0.980. The third kappa shape index (κ3) is 2.61. The molecule has 0 fully saturated rings. The number of halogens is 1. The van der Waals surface area contributed by atoms with Gasteiger partial charge in [-0.3, -0.25) is 9.97 Å². The normalized spacial score (nSPS) is 10.6. The molecule has 0 radical (unpaired) electrons. The Bertz CT molecular complexity index is 704. The first kappa shape index (κ1) is 14.0. The summed E-state index contributed by atoms with van der Waals surface area (Å²) in [7, 11) is 0. The highest BCUT2D eigenvalue weighted by Crippen LogP contribution is 2.36. The lowest BCUT2D eigenvalue weighted by Crippen LogP contribution is -1.95. The van der Waals surface area contributed by atoms with E-state index in [1.165, 1.54) is 11.1 Å². The summed E-state index contributed by atoms with van der Waals surface area (Å²) in [5.74, 6) is 0. The summed E-state index contributed by atoms with van der Waals surface area (Å²) in [6.45, 7) is 4.23. The maximum atomic E-state index is 4.47. The fraction of sp³-hybridized carbons (Fsp3) is 0.111. The fourth-order valence-corrected chi connectivity index (χ4v) is 2.88. The first-order valence-corrected chi connectivity index (χ1v) is 7.60. The first-order chi connectivity index (χ1) is 10.2. The second-order valence-corrected chi connectivity index (χ2v) is 5.76. The van der Waals surface area contributed by atoms with Crippen LogP contribution in [0.4, 0.5) is 0 Å². The summed E-state index contributed by atoms with van der Waals surface area (Å²) in [5.41, 5.74) is 6.62. The monoisotopic (exact) mass is 338 g/mol. The lowest BCUT2D eigenvalue weighted by molar-refractivity contribution is 1.26. The van der Waals surface area contributed by atoms with Crippen LogP contribution in [0.25, 0.3) is 22.5 Å². The van der Waals surface area contributed by atoms with Gasteiger partial charge in [-0.15, -0.1) is 0 Å². The van der Waals surface area contributed by atoms with Gasteiger partial charge in [0, 0.05) is 28.0 Å². The van der Waals surface area contributed by atoms with Crippen LogP contribution < -0.4 is 0 Å². The Morgan fingerprint density at radius 3 is 1.62 bits per heavy atom. The molecule has 0 aliphatic heterocycles. The second kappa shape index (κ2) is 5.78. The number of pyridine rings is 2. The van der Waals surface area contributed by atoms with Crippen LogP contribution in [0.5, 0.6) is 0 Å². The Labute approximate surface area is 133 Å². The molecule has 0 aliphatic carbocycles. The molecule has 0 aliphatic rings. The standard InChI is InChI=1S/C18H15BrN2/c1-12-14(16-7-3-5-9-20-16)11-15(13(2)18(12)19)17-8-4-6-10-21-17/h3-11H,1-2H3. The lowest BCUT2D eigenvalue weighted by atomic mass is 9.95. The van der Waals surface area contributed by atoms with E-state index in [9.17, 15) is 0 Å². The Kier molecular flexibility index (Phi) is 3.84. The molecule has 0 spiro atoms. The Balaban J connectivity index is 2.26. The highest BCUT2D eigenvalue weighted by molar-refractivity contribution is 9.10. The Morgan fingerprint density at radius 1 is 0.762 bits per heavy atom. The van der Waals surface area contributed by atoms with Gasteiger partial charge in [-0.05, 0) is 55.3 Å². The lowest BCUT2D eigenvalue weighted by Gasteiger charge is -2.14. The van der Waals surface area contributed by atoms with Crippen molar-refractivity contribution < 1.29 is 0 Å². The summed E-state index contributed by atoms with van der Waals surface area (Å²) in [6, 6.07) is 14.1. The van der Waals surface area contributed by atoms with Gasteiger partial charge in [0.25, 0.3) is 0 Å². The largest absolute Gasteiger partial charge is 0.256 e. The fourth-order valence-electron chi connectivity index (χ4n) is 2.45. The molecule has 0 unspecified atom stereocenters. The van der Waals surface area contributed by atoms with E-state index in [1.807, 2.05) is 48.8 Å². The zero-order valence-electron chi connectivity index (χ0n) is 12.0. The van der Waals surface area contributed by atoms with Gasteiger partial charge >= 0.3 is 0 Å². The smallest absolute Gasteiger partial charge is 0.0705 e. The van der Waals surface area contributed by atoms with Crippen LogP contribution >= 0.6 is 15.9 Å². The van der Waals surface area contributed by atoms with Gasteiger partial charge in [0.2, 0.25) is 0 Å². The third-order valence-corrected chi connectivity index (χ3v) is 4.83. The van der Waals surface area contributed by atoms with E-state index < -0.39 is 0 Å². The number of benzene rings is 1. The van der Waals surface area contributed by atoms with Crippen LogP contribution in [0, 0.1) is 13.8 Å². The van der Waals surface area contributed by atoms with Crippen molar-refractivity contribution in [2.24, 2.45) is 0 Å². The molecule has 21 heavy (non-hydrogen) atoms. The predicted octanol–water partition coefficient (Wildman–Crippen LogP) is 5.19. The number of rotatable bonds is 2. The molecule has 3 aromatic rings. The van der Waals surface area contributed by atoms with E-state index in [-0.39, 0.29) is 0 Å². The summed E-state index contributed by atoms with van der Waals surface area (Å²) >= 11 is 3.72. The molecule has 0 N–H and O–H groups in total. The first-order valence-electron chi connectivity index (χ1n) is 6.81. The summed E-state index contributed by atoms with van der Waals surface area (Å²) in [6.07, 6.45) is 3.64. The molecule has 0 bridgehead atoms. The summed E-state index contributed by atoms with van der Waals surface area (Å²) in [4.78, 5) is 8.95. The van der Waals surface area contributed by atoms with Crippen LogP contribution in [-0.2, 0) is 0 Å². The Hall–Kier alpha value is -2.00. The van der Waals surface area contributed by atoms with Gasteiger partial charge in [0.15, 0.2) is 0 Å². The van der Waals surface area contributed by atoms with Crippen LogP contribution in [0.15, 0.2) is 59.3 Å². The van der Waals surface area contributed by atoms with Crippen LogP contribution in [0.3, 0.4) is 0 Å². The molecule has 104 valence electrons. The maximum Gasteiger partial charge on any atom is 0.0705 e. The summed E-state index contributed by atoms with van der Waals surface area (Å²) in [5, 5.41) is 0. The van der Waals surface area contributed by atoms with E-state index >= 15 is 0 Å². The summed E-state index contributed by atoms with van der Waals surface area (Å²) < 4.78 is 1.12. The van der Waals surface area contributed by atoms with E-state index in [4.69, 9.17) is 0 Å². The third-order valence-electron chi connectivity index (χ3n) is 3.64. The van der Waals surface area contributed by atoms with Crippen molar-refractivity contribution >= 4 is 15.9 Å². The molecule has 0 atom stereocenters. The van der Waals surface area contributed by atoms with E-state index in [2.05, 4.69) is 45.8 Å². The van der Waals surface area contributed by atoms with Crippen LogP contribution in [0.1, 0.15) is 11.1 Å². The average molecular weight is 339 g/mol. The second-order valence-electron chi connectivity index (χ2n) is 4.97. The van der Waals surface area contributed by atoms with Crippen LogP contribution in [-0.4, -0.2) is 9.97 Å². The zero-order valence-corrected chi connectivity index (χ0v) is 13.6. The highest BCUT2D eigenvalue weighted by atomic mass is 79.9. The minimum Gasteiger partial charge on any atom is -0.256 e. The predicted molar refractivity (Wildman–Crippen MR) is 90.1 cm³/mol. The maximum absolute atomic E-state index is 4.47. The van der Waals surface area contributed by atoms with Crippen molar-refractivity contribution in [2.75, 3.05) is 0 Å². The molecule has 1 aromatic carbocycles. The molecular weight excluding hydrogens is 324 g/mol. The SMILES string of the molecule is Cc1c(-c2ccccn2)cc(-c2ccccn2)c(C)c1Br. The van der Waals surface area contributed by atoms with Crippen molar-refractivity contribution in [3.05, 3.63) is 70.5 Å². The average Bonchev–Trinajstić information content (AvgIpc) is 2.55. The molecule has 0 saturated carbocycles. The van der Waals surface area contributed by atoms with Gasteiger partial charge in [-0.1, -0.05) is 28.1 Å². The van der Waals surface area contributed by atoms with E-state index in [1.54, 1.807) is 0 Å². The van der Waals surface area contributed by atoms with Gasteiger partial charge in [0.1, 0.15) is 0 Å². The van der Waals surface area contributed by atoms with Crippen molar-refractivity contribution in [3.8, 4) is 22.5 Å². The molecular formula is C18H15BrN2. The van der Waals surface area contributed by atoms with Crippen molar-refractivity contribution in [3.63, 3.8) is 0 Å². The molecule has 2 aromatic heterocycles.